The monoisotopic (exact) mass is 526 g/mol. The summed E-state index contributed by atoms with van der Waals surface area (Å²) in [6.07, 6.45) is 3.37. The summed E-state index contributed by atoms with van der Waals surface area (Å²) in [6, 6.07) is 12.9. The smallest absolute Gasteiger partial charge is 0.332 e. The first kappa shape index (κ1) is 25.4. The molecule has 3 rings (SSSR count). The van der Waals surface area contributed by atoms with Crippen LogP contribution in [0.2, 0.25) is 10.0 Å². The zero-order chi connectivity index (χ0) is 24.7. The number of benzene rings is 2. The van der Waals surface area contributed by atoms with Gasteiger partial charge in [-0.15, -0.1) is 3.89 Å². The first-order valence-corrected chi connectivity index (χ1v) is 11.9. The molecule has 3 aromatic rings. The number of anilines is 1. The minimum absolute atomic E-state index is 0.0363. The lowest BCUT2D eigenvalue weighted by atomic mass is 10.2. The maximum Gasteiger partial charge on any atom is 0.332 e. The molecule has 8 nitrogen and oxygen atoms in total. The van der Waals surface area contributed by atoms with E-state index in [-0.39, 0.29) is 31.5 Å². The van der Waals surface area contributed by atoms with Crippen LogP contribution in [0.5, 0.6) is 5.75 Å². The number of hydrogen-bond acceptors (Lipinski definition) is 5. The second-order valence-corrected chi connectivity index (χ2v) is 9.20. The summed E-state index contributed by atoms with van der Waals surface area (Å²) in [5.74, 6) is -0.316. The van der Waals surface area contributed by atoms with Crippen LogP contribution in [0.1, 0.15) is 5.56 Å². The van der Waals surface area contributed by atoms with Gasteiger partial charge in [-0.25, -0.2) is 0 Å². The van der Waals surface area contributed by atoms with Gasteiger partial charge >= 0.3 is 10.2 Å². The van der Waals surface area contributed by atoms with Gasteiger partial charge in [-0.3, -0.25) is 9.59 Å². The lowest BCUT2D eigenvalue weighted by molar-refractivity contribution is -0.684. The number of amides is 2. The van der Waals surface area contributed by atoms with Crippen LogP contribution in [0, 0.1) is 0 Å². The summed E-state index contributed by atoms with van der Waals surface area (Å²) < 4.78 is 41.7. The van der Waals surface area contributed by atoms with E-state index in [0.29, 0.717) is 21.5 Å². The number of pyridine rings is 1. The van der Waals surface area contributed by atoms with Gasteiger partial charge in [0.25, 0.3) is 11.8 Å². The minimum atomic E-state index is -4.80. The van der Waals surface area contributed by atoms with Gasteiger partial charge in [0, 0.05) is 29.9 Å². The summed E-state index contributed by atoms with van der Waals surface area (Å²) in [4.78, 5) is 23.9. The Kier molecular flexibility index (Phi) is 8.43. The van der Waals surface area contributed by atoms with Gasteiger partial charge < -0.3 is 15.4 Å². The van der Waals surface area contributed by atoms with Crippen molar-refractivity contribution >= 4 is 50.9 Å². The van der Waals surface area contributed by atoms with Crippen LogP contribution in [0.25, 0.3) is 0 Å². The molecule has 0 radical (unpaired) electrons. The third kappa shape index (κ3) is 7.68. The molecule has 2 aromatic carbocycles. The summed E-state index contributed by atoms with van der Waals surface area (Å²) in [5, 5.41) is 6.02. The van der Waals surface area contributed by atoms with Gasteiger partial charge in [0.05, 0.1) is 14.9 Å². The fourth-order valence-electron chi connectivity index (χ4n) is 2.81. The quantitative estimate of drug-likeness (QED) is 0.328. The number of ether oxygens (including phenoxy) is 1. The van der Waals surface area contributed by atoms with E-state index in [0.717, 1.165) is 17.7 Å². The van der Waals surface area contributed by atoms with Crippen molar-refractivity contribution < 1.29 is 31.2 Å². The molecule has 0 spiro atoms. The average molecular weight is 527 g/mol. The lowest BCUT2D eigenvalue weighted by Crippen LogP contribution is -2.40. The molecule has 2 amide bonds. The first-order chi connectivity index (χ1) is 16.1. The molecule has 0 bridgehead atoms. The van der Waals surface area contributed by atoms with E-state index in [4.69, 9.17) is 27.9 Å². The van der Waals surface area contributed by atoms with Gasteiger partial charge in [-0.05, 0) is 42.5 Å². The molecule has 2 N–H and O–H groups in total. The van der Waals surface area contributed by atoms with Crippen LogP contribution in [0.3, 0.4) is 0 Å². The lowest BCUT2D eigenvalue weighted by Gasteiger charge is -2.08. The molecule has 0 saturated carbocycles. The molecule has 0 saturated heterocycles. The van der Waals surface area contributed by atoms with Crippen LogP contribution >= 0.6 is 23.2 Å². The molecular formula is C22H19Cl2FN3O5S+. The Morgan fingerprint density at radius 1 is 1.00 bits per heavy atom. The van der Waals surface area contributed by atoms with Crippen LogP contribution in [-0.4, -0.2) is 26.8 Å². The molecule has 12 heteroatoms. The highest BCUT2D eigenvalue weighted by atomic mass is 35.5. The normalized spacial score (nSPS) is 11.0. The molecule has 0 atom stereocenters. The highest BCUT2D eigenvalue weighted by Gasteiger charge is 2.14. The maximum atomic E-state index is 12.9. The summed E-state index contributed by atoms with van der Waals surface area (Å²) in [7, 11) is -4.80. The SMILES string of the molecule is O=C(COc1ccc(Cl)c(Cl)c1)NCc1ccc[n+](CC(=O)Nc2ccc(S(=O)(=O)F)cc2)c1. The van der Waals surface area contributed by atoms with Gasteiger partial charge in [0.15, 0.2) is 19.0 Å². The van der Waals surface area contributed by atoms with Crippen molar-refractivity contribution in [2.45, 2.75) is 18.0 Å². The molecule has 34 heavy (non-hydrogen) atoms. The third-order valence-corrected chi connectivity index (χ3v) is 5.99. The molecule has 1 heterocycles. The number of aromatic nitrogens is 1. The number of nitrogens with one attached hydrogen (secondary N) is 2. The Morgan fingerprint density at radius 3 is 2.41 bits per heavy atom. The van der Waals surface area contributed by atoms with E-state index in [2.05, 4.69) is 10.6 Å². The Labute approximate surface area is 205 Å². The topological polar surface area (TPSA) is 105 Å². The van der Waals surface area contributed by atoms with E-state index in [1.807, 2.05) is 0 Å². The van der Waals surface area contributed by atoms with E-state index in [9.17, 15) is 21.9 Å². The number of nitrogens with zero attached hydrogens (tertiary/aromatic N) is 1. The predicted octanol–water partition coefficient (Wildman–Crippen LogP) is 3.27. The van der Waals surface area contributed by atoms with Crippen molar-refractivity contribution in [3.05, 3.63) is 82.6 Å². The van der Waals surface area contributed by atoms with Gasteiger partial charge in [-0.1, -0.05) is 23.2 Å². The average Bonchev–Trinajstić information content (AvgIpc) is 2.78. The van der Waals surface area contributed by atoms with Crippen molar-refractivity contribution in [1.29, 1.82) is 0 Å². The molecule has 0 aliphatic heterocycles. The number of carbonyl (C=O) groups is 2. The summed E-state index contributed by atoms with van der Waals surface area (Å²) in [5.41, 5.74) is 1.07. The number of halogens is 3. The highest BCUT2D eigenvalue weighted by Crippen LogP contribution is 2.26. The van der Waals surface area contributed by atoms with Crippen molar-refractivity contribution in [3.63, 3.8) is 0 Å². The predicted molar refractivity (Wildman–Crippen MR) is 124 cm³/mol. The molecule has 1 aromatic heterocycles. The molecule has 0 aliphatic carbocycles. The van der Waals surface area contributed by atoms with Crippen molar-refractivity contribution in [2.24, 2.45) is 0 Å². The molecule has 0 fully saturated rings. The van der Waals surface area contributed by atoms with Gasteiger partial charge in [0.1, 0.15) is 5.75 Å². The minimum Gasteiger partial charge on any atom is -0.484 e. The van der Waals surface area contributed by atoms with Crippen molar-refractivity contribution in [2.75, 3.05) is 11.9 Å². The Balaban J connectivity index is 1.48. The van der Waals surface area contributed by atoms with Crippen LogP contribution in [0.4, 0.5) is 9.57 Å². The largest absolute Gasteiger partial charge is 0.484 e. The maximum absolute atomic E-state index is 12.9. The molecular weight excluding hydrogens is 508 g/mol. The zero-order valence-corrected chi connectivity index (χ0v) is 19.8. The summed E-state index contributed by atoms with van der Waals surface area (Å²) >= 11 is 11.8. The van der Waals surface area contributed by atoms with Crippen LogP contribution in [0.15, 0.2) is 71.9 Å². The van der Waals surface area contributed by atoms with E-state index < -0.39 is 15.1 Å². The number of rotatable bonds is 9. The Bertz CT molecular complexity index is 1300. The fourth-order valence-corrected chi connectivity index (χ4v) is 3.56. The molecule has 0 unspecified atom stereocenters. The van der Waals surface area contributed by atoms with E-state index in [1.165, 1.54) is 18.2 Å². The summed E-state index contributed by atoms with van der Waals surface area (Å²) in [6.45, 7) is -0.0354. The van der Waals surface area contributed by atoms with Crippen LogP contribution < -0.4 is 19.9 Å². The number of carbonyl (C=O) groups excluding carboxylic acids is 2. The number of hydrogen-bond donors (Lipinski definition) is 2. The van der Waals surface area contributed by atoms with E-state index >= 15 is 0 Å². The Morgan fingerprint density at radius 2 is 1.74 bits per heavy atom. The highest BCUT2D eigenvalue weighted by molar-refractivity contribution is 7.86. The Hall–Kier alpha value is -3.21. The second-order valence-electron chi connectivity index (χ2n) is 7.04. The van der Waals surface area contributed by atoms with Crippen molar-refractivity contribution in [3.8, 4) is 5.75 Å². The third-order valence-electron chi connectivity index (χ3n) is 4.42. The zero-order valence-electron chi connectivity index (χ0n) is 17.5. The molecule has 0 aliphatic rings. The molecule has 178 valence electrons. The second kappa shape index (κ2) is 11.3. The van der Waals surface area contributed by atoms with Crippen molar-refractivity contribution in [1.82, 2.24) is 5.32 Å². The van der Waals surface area contributed by atoms with Gasteiger partial charge in [0.2, 0.25) is 6.54 Å². The van der Waals surface area contributed by atoms with E-state index in [1.54, 1.807) is 41.2 Å². The standard InChI is InChI=1S/C22H18Cl2FN3O5S/c23-19-8-5-17(10-20(19)24)33-14-22(30)26-11-15-2-1-9-28(12-15)13-21(29)27-16-3-6-18(7-4-16)34(25,31)32/h1-10,12H,11,13-14H2,(H-,26,27,29,30)/p+1. The first-order valence-electron chi connectivity index (χ1n) is 9.77. The van der Waals surface area contributed by atoms with Crippen LogP contribution in [-0.2, 0) is 32.9 Å². The fraction of sp³-hybridized carbons (Fsp3) is 0.136. The van der Waals surface area contributed by atoms with Gasteiger partial charge in [-0.2, -0.15) is 13.0 Å².